The zero-order valence-electron chi connectivity index (χ0n) is 20.1. The number of thiophene rings is 1. The molecule has 1 aromatic heterocycles. The summed E-state index contributed by atoms with van der Waals surface area (Å²) in [5, 5.41) is 21.7. The Bertz CT molecular complexity index is 1190. The summed E-state index contributed by atoms with van der Waals surface area (Å²) in [6.45, 7) is 2.25. The number of carboxylic acid groups (broad SMARTS) is 1. The van der Waals surface area contributed by atoms with Gasteiger partial charge in [0.2, 0.25) is 0 Å². The lowest BCUT2D eigenvalue weighted by molar-refractivity contribution is -0.139. The lowest BCUT2D eigenvalue weighted by atomic mass is 9.93. The van der Waals surface area contributed by atoms with E-state index in [4.69, 9.17) is 0 Å². The van der Waals surface area contributed by atoms with Gasteiger partial charge in [-0.3, -0.25) is 4.79 Å². The van der Waals surface area contributed by atoms with Gasteiger partial charge in [0.15, 0.2) is 0 Å². The molecule has 0 aliphatic carbocycles. The number of benzene rings is 2. The Labute approximate surface area is 214 Å². The number of urea groups is 1. The Balaban J connectivity index is 1.28. The van der Waals surface area contributed by atoms with Crippen LogP contribution in [-0.4, -0.2) is 48.7 Å². The Morgan fingerprint density at radius 2 is 1.81 bits per heavy atom. The van der Waals surface area contributed by atoms with Gasteiger partial charge < -0.3 is 26.4 Å². The van der Waals surface area contributed by atoms with Crippen LogP contribution in [0.4, 0.5) is 4.79 Å². The first-order chi connectivity index (χ1) is 17.5. The number of carbonyl (C=O) groups excluding carboxylic acids is 2. The molecule has 2 heterocycles. The third kappa shape index (κ3) is 7.29. The van der Waals surface area contributed by atoms with Crippen LogP contribution in [0, 0.1) is 5.92 Å². The molecule has 1 fully saturated rings. The van der Waals surface area contributed by atoms with Crippen molar-refractivity contribution in [1.29, 1.82) is 0 Å². The van der Waals surface area contributed by atoms with Crippen LogP contribution < -0.4 is 21.3 Å². The van der Waals surface area contributed by atoms with Gasteiger partial charge in [-0.25, -0.2) is 9.59 Å². The summed E-state index contributed by atoms with van der Waals surface area (Å²) in [5.41, 5.74) is 1.36. The van der Waals surface area contributed by atoms with E-state index in [0.717, 1.165) is 41.1 Å². The quantitative estimate of drug-likeness (QED) is 0.287. The smallest absolute Gasteiger partial charge is 0.328 e. The molecule has 1 aliphatic rings. The van der Waals surface area contributed by atoms with Crippen molar-refractivity contribution in [3.8, 4) is 0 Å². The molecule has 0 bridgehead atoms. The normalized spacial score (nSPS) is 14.8. The van der Waals surface area contributed by atoms with Crippen LogP contribution in [-0.2, 0) is 17.8 Å². The number of fused-ring (bicyclic) bond motifs is 1. The largest absolute Gasteiger partial charge is 0.480 e. The molecule has 4 rings (SSSR count). The van der Waals surface area contributed by atoms with Crippen LogP contribution in [0.5, 0.6) is 0 Å². The number of carbonyl (C=O) groups is 3. The highest BCUT2D eigenvalue weighted by atomic mass is 32.1. The number of amides is 3. The molecule has 36 heavy (non-hydrogen) atoms. The third-order valence-electron chi connectivity index (χ3n) is 6.46. The molecule has 2 aromatic carbocycles. The second-order valence-electron chi connectivity index (χ2n) is 9.11. The average molecular weight is 509 g/mol. The van der Waals surface area contributed by atoms with Crippen LogP contribution >= 0.6 is 11.3 Å². The highest BCUT2D eigenvalue weighted by Crippen LogP contribution is 2.29. The molecule has 1 aliphatic heterocycles. The molecule has 0 radical (unpaired) electrons. The fraction of sp³-hybridized carbons (Fsp3) is 0.370. The third-order valence-corrected chi connectivity index (χ3v) is 7.61. The Hall–Kier alpha value is -3.43. The summed E-state index contributed by atoms with van der Waals surface area (Å²) in [5.74, 6) is -0.828. The molecule has 3 amide bonds. The highest BCUT2D eigenvalue weighted by Gasteiger charge is 2.21. The first-order valence-electron chi connectivity index (χ1n) is 12.3. The van der Waals surface area contributed by atoms with E-state index in [1.54, 1.807) is 17.4 Å². The molecule has 8 nitrogen and oxygen atoms in total. The molecule has 3 aromatic rings. The fourth-order valence-corrected chi connectivity index (χ4v) is 5.47. The van der Waals surface area contributed by atoms with Crippen molar-refractivity contribution in [2.75, 3.05) is 19.6 Å². The van der Waals surface area contributed by atoms with Gasteiger partial charge in [-0.2, -0.15) is 0 Å². The molecule has 9 heteroatoms. The van der Waals surface area contributed by atoms with Gasteiger partial charge in [-0.15, -0.1) is 11.3 Å². The van der Waals surface area contributed by atoms with E-state index in [1.165, 1.54) is 24.1 Å². The molecule has 0 spiro atoms. The van der Waals surface area contributed by atoms with Gasteiger partial charge in [0.05, 0.1) is 0 Å². The van der Waals surface area contributed by atoms with Gasteiger partial charge in [0.25, 0.3) is 5.91 Å². The summed E-state index contributed by atoms with van der Waals surface area (Å²) in [7, 11) is 0. The van der Waals surface area contributed by atoms with Crippen molar-refractivity contribution in [2.24, 2.45) is 5.92 Å². The maximum atomic E-state index is 12.7. The van der Waals surface area contributed by atoms with Crippen molar-refractivity contribution >= 4 is 39.3 Å². The molecule has 5 N–H and O–H groups in total. The van der Waals surface area contributed by atoms with Gasteiger partial charge in [0.1, 0.15) is 6.04 Å². The zero-order chi connectivity index (χ0) is 25.3. The zero-order valence-corrected chi connectivity index (χ0v) is 20.9. The van der Waals surface area contributed by atoms with E-state index in [2.05, 4.69) is 27.3 Å². The first kappa shape index (κ1) is 25.7. The highest BCUT2D eigenvalue weighted by molar-refractivity contribution is 7.19. The van der Waals surface area contributed by atoms with E-state index >= 15 is 0 Å². The maximum absolute atomic E-state index is 12.7. The van der Waals surface area contributed by atoms with Crippen molar-refractivity contribution in [1.82, 2.24) is 21.3 Å². The Morgan fingerprint density at radius 3 is 2.56 bits per heavy atom. The maximum Gasteiger partial charge on any atom is 0.328 e. The average Bonchev–Trinajstić information content (AvgIpc) is 3.32. The SMILES string of the molecule is O=C(NCc1ccccc1)N[C@@H](CNC(=O)c1ccc2cc(CCC3CCNCC3)sc2c1)C(=O)O. The summed E-state index contributed by atoms with van der Waals surface area (Å²) >= 11 is 1.70. The molecule has 1 saturated heterocycles. The van der Waals surface area contributed by atoms with Crippen molar-refractivity contribution in [2.45, 2.75) is 38.3 Å². The molecule has 190 valence electrons. The fourth-order valence-electron chi connectivity index (χ4n) is 4.35. The van der Waals surface area contributed by atoms with Crippen LogP contribution in [0.3, 0.4) is 0 Å². The van der Waals surface area contributed by atoms with Crippen LogP contribution in [0.15, 0.2) is 54.6 Å². The standard InChI is InChI=1S/C27H32N4O4S/c32-25(29-17-23(26(33)34)31-27(35)30-16-19-4-2-1-3-5-19)21-8-7-20-14-22(36-24(20)15-21)9-6-18-10-12-28-13-11-18/h1-5,7-8,14-15,18,23,28H,6,9-13,16-17H2,(H,29,32)(H,33,34)(H2,30,31,35)/t23-/m0/s1. The number of carboxylic acids is 1. The lowest BCUT2D eigenvalue weighted by Crippen LogP contribution is -2.51. The predicted octanol–water partition coefficient (Wildman–Crippen LogP) is 3.52. The second-order valence-corrected chi connectivity index (χ2v) is 10.3. The first-order valence-corrected chi connectivity index (χ1v) is 13.1. The number of hydrogen-bond donors (Lipinski definition) is 5. The number of aliphatic carboxylic acids is 1. The minimum Gasteiger partial charge on any atom is -0.480 e. The van der Waals surface area contributed by atoms with Gasteiger partial charge in [0, 0.05) is 28.2 Å². The monoisotopic (exact) mass is 508 g/mol. The van der Waals surface area contributed by atoms with Crippen molar-refractivity contribution in [3.05, 3.63) is 70.6 Å². The summed E-state index contributed by atoms with van der Waals surface area (Å²) in [6, 6.07) is 15.2. The minimum atomic E-state index is -1.25. The summed E-state index contributed by atoms with van der Waals surface area (Å²) in [6.07, 6.45) is 4.69. The van der Waals surface area contributed by atoms with Gasteiger partial charge in [-0.05, 0) is 73.8 Å². The summed E-state index contributed by atoms with van der Waals surface area (Å²) in [4.78, 5) is 37.8. The molecule has 1 atom stereocenters. The van der Waals surface area contributed by atoms with Crippen LogP contribution in [0.2, 0.25) is 0 Å². The van der Waals surface area contributed by atoms with Gasteiger partial charge in [-0.1, -0.05) is 36.4 Å². The summed E-state index contributed by atoms with van der Waals surface area (Å²) < 4.78 is 1.04. The van der Waals surface area contributed by atoms with E-state index in [-0.39, 0.29) is 19.0 Å². The minimum absolute atomic E-state index is 0.225. The molecule has 0 unspecified atom stereocenters. The topological polar surface area (TPSA) is 120 Å². The second kappa shape index (κ2) is 12.5. The molecular formula is C27H32N4O4S. The van der Waals surface area contributed by atoms with Gasteiger partial charge >= 0.3 is 12.0 Å². The van der Waals surface area contributed by atoms with Crippen molar-refractivity contribution < 1.29 is 19.5 Å². The number of hydrogen-bond acceptors (Lipinski definition) is 5. The molecular weight excluding hydrogens is 476 g/mol. The Kier molecular flexibility index (Phi) is 8.91. The van der Waals surface area contributed by atoms with Crippen molar-refractivity contribution in [3.63, 3.8) is 0 Å². The van der Waals surface area contributed by atoms with E-state index in [9.17, 15) is 19.5 Å². The van der Waals surface area contributed by atoms with Crippen LogP contribution in [0.25, 0.3) is 10.1 Å². The Morgan fingerprint density at radius 1 is 1.03 bits per heavy atom. The molecule has 0 saturated carbocycles. The van der Waals surface area contributed by atoms with E-state index in [1.807, 2.05) is 42.5 Å². The number of piperidine rings is 1. The number of rotatable bonds is 10. The lowest BCUT2D eigenvalue weighted by Gasteiger charge is -2.22. The number of aryl methyl sites for hydroxylation is 1. The van der Waals surface area contributed by atoms with Crippen LogP contribution in [0.1, 0.15) is 40.1 Å². The van der Waals surface area contributed by atoms with E-state index < -0.39 is 18.0 Å². The van der Waals surface area contributed by atoms with E-state index in [0.29, 0.717) is 5.56 Å². The number of nitrogens with one attached hydrogen (secondary N) is 4. The predicted molar refractivity (Wildman–Crippen MR) is 141 cm³/mol.